The number of hydrogen-bond donors (Lipinski definition) is 0. The third-order valence-electron chi connectivity index (χ3n) is 2.95. The summed E-state index contributed by atoms with van der Waals surface area (Å²) >= 11 is 0. The maximum absolute atomic E-state index is 12.0. The Balaban J connectivity index is 2.64. The lowest BCUT2D eigenvalue weighted by molar-refractivity contribution is 0.101. The van der Waals surface area contributed by atoms with Crippen LogP contribution in [-0.4, -0.2) is 10.4 Å². The molecule has 0 radical (unpaired) electrons. The van der Waals surface area contributed by atoms with Crippen molar-refractivity contribution in [3.8, 4) is 5.69 Å². The van der Waals surface area contributed by atoms with E-state index in [2.05, 4.69) is 0 Å². The molecule has 0 fully saturated rings. The standard InChI is InChI=1S/C15H15NO2/c1-10-4-6-13(7-5-10)16-9-14(12(3)17)11(2)8-15(16)18/h4-9H,1-3H3. The molecule has 3 heteroatoms. The van der Waals surface area contributed by atoms with Gasteiger partial charge in [-0.1, -0.05) is 17.7 Å². The number of nitrogens with zero attached hydrogens (tertiary/aromatic N) is 1. The van der Waals surface area contributed by atoms with Gasteiger partial charge in [-0.3, -0.25) is 14.2 Å². The molecule has 92 valence electrons. The van der Waals surface area contributed by atoms with E-state index in [1.165, 1.54) is 17.6 Å². The summed E-state index contributed by atoms with van der Waals surface area (Å²) in [5.41, 5.74) is 3.08. The van der Waals surface area contributed by atoms with Gasteiger partial charge in [-0.25, -0.2) is 0 Å². The Morgan fingerprint density at radius 2 is 1.72 bits per heavy atom. The number of hydrogen-bond acceptors (Lipinski definition) is 2. The second kappa shape index (κ2) is 4.61. The van der Waals surface area contributed by atoms with Gasteiger partial charge >= 0.3 is 0 Å². The van der Waals surface area contributed by atoms with Crippen molar-refractivity contribution in [2.24, 2.45) is 0 Å². The summed E-state index contributed by atoms with van der Waals surface area (Å²) in [6.07, 6.45) is 1.62. The van der Waals surface area contributed by atoms with E-state index in [4.69, 9.17) is 0 Å². The quantitative estimate of drug-likeness (QED) is 0.758. The lowest BCUT2D eigenvalue weighted by Gasteiger charge is -2.09. The van der Waals surface area contributed by atoms with Crippen molar-refractivity contribution < 1.29 is 4.79 Å². The van der Waals surface area contributed by atoms with Gasteiger partial charge in [-0.15, -0.1) is 0 Å². The van der Waals surface area contributed by atoms with E-state index >= 15 is 0 Å². The Morgan fingerprint density at radius 3 is 2.28 bits per heavy atom. The van der Waals surface area contributed by atoms with Crippen LogP contribution in [0.4, 0.5) is 0 Å². The lowest BCUT2D eigenvalue weighted by Crippen LogP contribution is -2.19. The first-order chi connectivity index (χ1) is 8.49. The molecule has 0 aliphatic rings. The summed E-state index contributed by atoms with van der Waals surface area (Å²) in [5.74, 6) is -0.0339. The Labute approximate surface area is 106 Å². The zero-order valence-electron chi connectivity index (χ0n) is 10.7. The van der Waals surface area contributed by atoms with E-state index in [0.717, 1.165) is 16.8 Å². The van der Waals surface area contributed by atoms with Gasteiger partial charge in [0.25, 0.3) is 5.56 Å². The van der Waals surface area contributed by atoms with Crippen molar-refractivity contribution in [1.29, 1.82) is 0 Å². The fraction of sp³-hybridized carbons (Fsp3) is 0.200. The Hall–Kier alpha value is -2.16. The highest BCUT2D eigenvalue weighted by Crippen LogP contribution is 2.11. The Kier molecular flexibility index (Phi) is 3.15. The molecule has 1 heterocycles. The summed E-state index contributed by atoms with van der Waals surface area (Å²) in [6, 6.07) is 9.12. The molecule has 3 nitrogen and oxygen atoms in total. The minimum atomic E-state index is -0.124. The maximum Gasteiger partial charge on any atom is 0.255 e. The minimum absolute atomic E-state index is 0.0339. The predicted octanol–water partition coefficient (Wildman–Crippen LogP) is 2.66. The van der Waals surface area contributed by atoms with Crippen molar-refractivity contribution in [3.63, 3.8) is 0 Å². The van der Waals surface area contributed by atoms with Crippen LogP contribution in [0.5, 0.6) is 0 Å². The van der Waals surface area contributed by atoms with Gasteiger partial charge in [0, 0.05) is 23.5 Å². The molecule has 0 unspecified atom stereocenters. The fourth-order valence-electron chi connectivity index (χ4n) is 1.90. The summed E-state index contributed by atoms with van der Waals surface area (Å²) in [5, 5.41) is 0. The van der Waals surface area contributed by atoms with Gasteiger partial charge in [0.2, 0.25) is 0 Å². The highest BCUT2D eigenvalue weighted by atomic mass is 16.1. The molecule has 0 spiro atoms. The fourth-order valence-corrected chi connectivity index (χ4v) is 1.90. The third-order valence-corrected chi connectivity index (χ3v) is 2.95. The molecule has 0 N–H and O–H groups in total. The van der Waals surface area contributed by atoms with Crippen LogP contribution in [0, 0.1) is 13.8 Å². The van der Waals surface area contributed by atoms with Gasteiger partial charge in [0.1, 0.15) is 0 Å². The lowest BCUT2D eigenvalue weighted by atomic mass is 10.1. The predicted molar refractivity (Wildman–Crippen MR) is 71.5 cm³/mol. The highest BCUT2D eigenvalue weighted by Gasteiger charge is 2.08. The number of pyridine rings is 1. The number of benzene rings is 1. The molecule has 0 amide bonds. The molecule has 2 aromatic rings. The molecule has 0 saturated heterocycles. The smallest absolute Gasteiger partial charge is 0.255 e. The van der Waals surface area contributed by atoms with Crippen molar-refractivity contribution in [1.82, 2.24) is 4.57 Å². The van der Waals surface area contributed by atoms with Crippen LogP contribution in [0.1, 0.15) is 28.4 Å². The average Bonchev–Trinajstić information content (AvgIpc) is 2.30. The van der Waals surface area contributed by atoms with E-state index < -0.39 is 0 Å². The minimum Gasteiger partial charge on any atom is -0.294 e. The van der Waals surface area contributed by atoms with Gasteiger partial charge in [-0.05, 0) is 38.5 Å². The van der Waals surface area contributed by atoms with Crippen molar-refractivity contribution >= 4 is 5.78 Å². The molecule has 18 heavy (non-hydrogen) atoms. The molecule has 0 saturated carbocycles. The topological polar surface area (TPSA) is 39.1 Å². The summed E-state index contributed by atoms with van der Waals surface area (Å²) in [4.78, 5) is 23.5. The Morgan fingerprint density at radius 1 is 1.11 bits per heavy atom. The number of aromatic nitrogens is 1. The Bertz CT molecular complexity index is 651. The number of aryl methyl sites for hydroxylation is 2. The third kappa shape index (κ3) is 2.25. The molecule has 0 aliphatic heterocycles. The van der Waals surface area contributed by atoms with Gasteiger partial charge in [0.05, 0.1) is 0 Å². The average molecular weight is 241 g/mol. The van der Waals surface area contributed by atoms with Crippen LogP contribution in [0.2, 0.25) is 0 Å². The number of Topliss-reactive ketones (excluding diaryl/α,β-unsaturated/α-hetero) is 1. The van der Waals surface area contributed by atoms with Gasteiger partial charge in [0.15, 0.2) is 5.78 Å². The number of carbonyl (C=O) groups excluding carboxylic acids is 1. The van der Waals surface area contributed by atoms with Crippen LogP contribution >= 0.6 is 0 Å². The van der Waals surface area contributed by atoms with E-state index in [1.807, 2.05) is 31.2 Å². The molecule has 1 aromatic carbocycles. The number of carbonyl (C=O) groups is 1. The van der Waals surface area contributed by atoms with Crippen LogP contribution in [-0.2, 0) is 0 Å². The highest BCUT2D eigenvalue weighted by molar-refractivity contribution is 5.95. The zero-order valence-corrected chi connectivity index (χ0v) is 10.7. The molecular formula is C15H15NO2. The van der Waals surface area contributed by atoms with Crippen LogP contribution < -0.4 is 5.56 Å². The van der Waals surface area contributed by atoms with Crippen LogP contribution in [0.25, 0.3) is 5.69 Å². The van der Waals surface area contributed by atoms with E-state index in [9.17, 15) is 9.59 Å². The van der Waals surface area contributed by atoms with E-state index in [0.29, 0.717) is 5.56 Å². The van der Waals surface area contributed by atoms with Gasteiger partial charge in [-0.2, -0.15) is 0 Å². The zero-order chi connectivity index (χ0) is 13.3. The second-order valence-electron chi connectivity index (χ2n) is 4.47. The summed E-state index contributed by atoms with van der Waals surface area (Å²) in [6.45, 7) is 5.27. The number of ketones is 1. The monoisotopic (exact) mass is 241 g/mol. The van der Waals surface area contributed by atoms with Crippen molar-refractivity contribution in [3.05, 3.63) is 63.6 Å². The molecule has 2 rings (SSSR count). The first-order valence-corrected chi connectivity index (χ1v) is 5.80. The van der Waals surface area contributed by atoms with Crippen LogP contribution in [0.3, 0.4) is 0 Å². The first kappa shape index (κ1) is 12.3. The normalized spacial score (nSPS) is 10.4. The molecule has 0 bridgehead atoms. The number of rotatable bonds is 2. The summed E-state index contributed by atoms with van der Waals surface area (Å²) < 4.78 is 1.50. The molecule has 1 aromatic heterocycles. The van der Waals surface area contributed by atoms with E-state index in [1.54, 1.807) is 13.1 Å². The van der Waals surface area contributed by atoms with Crippen molar-refractivity contribution in [2.75, 3.05) is 0 Å². The molecule has 0 aliphatic carbocycles. The SMILES string of the molecule is CC(=O)c1cn(-c2ccc(C)cc2)c(=O)cc1C. The maximum atomic E-state index is 12.0. The second-order valence-corrected chi connectivity index (χ2v) is 4.47. The molecular weight excluding hydrogens is 226 g/mol. The largest absolute Gasteiger partial charge is 0.294 e. The van der Waals surface area contributed by atoms with Crippen LogP contribution in [0.15, 0.2) is 41.3 Å². The van der Waals surface area contributed by atoms with E-state index in [-0.39, 0.29) is 11.3 Å². The first-order valence-electron chi connectivity index (χ1n) is 5.80. The summed E-state index contributed by atoms with van der Waals surface area (Å²) in [7, 11) is 0. The van der Waals surface area contributed by atoms with Gasteiger partial charge < -0.3 is 0 Å². The van der Waals surface area contributed by atoms with Crippen molar-refractivity contribution in [2.45, 2.75) is 20.8 Å². The molecule has 0 atom stereocenters.